The summed E-state index contributed by atoms with van der Waals surface area (Å²) < 4.78 is 16.9. The number of carbonyl (C=O) groups excluding carboxylic acids is 3. The van der Waals surface area contributed by atoms with Crippen molar-refractivity contribution in [3.63, 3.8) is 0 Å². The highest BCUT2D eigenvalue weighted by Gasteiger charge is 2.19. The van der Waals surface area contributed by atoms with Gasteiger partial charge in [-0.05, 0) is 109 Å². The van der Waals surface area contributed by atoms with Gasteiger partial charge in [-0.2, -0.15) is 0 Å². The van der Waals surface area contributed by atoms with Gasteiger partial charge >= 0.3 is 17.9 Å². The summed E-state index contributed by atoms with van der Waals surface area (Å²) in [5.41, 5.74) is 0. The predicted molar refractivity (Wildman–Crippen MR) is 298 cm³/mol. The van der Waals surface area contributed by atoms with E-state index in [0.29, 0.717) is 19.3 Å². The Bertz CT molecular complexity index is 1250. The number of ether oxygens (including phenoxy) is 3. The first-order chi connectivity index (χ1) is 34.0. The van der Waals surface area contributed by atoms with Crippen molar-refractivity contribution < 1.29 is 28.6 Å². The van der Waals surface area contributed by atoms with Gasteiger partial charge in [-0.25, -0.2) is 0 Å². The Morgan fingerprint density at radius 3 is 0.855 bits per heavy atom. The lowest BCUT2D eigenvalue weighted by Crippen LogP contribution is -2.30. The molecule has 400 valence electrons. The van der Waals surface area contributed by atoms with Crippen LogP contribution < -0.4 is 0 Å². The average molecular weight is 966 g/mol. The van der Waals surface area contributed by atoms with Crippen molar-refractivity contribution in [3.05, 3.63) is 60.8 Å². The van der Waals surface area contributed by atoms with E-state index in [4.69, 9.17) is 14.2 Å². The molecule has 6 nitrogen and oxygen atoms in total. The Morgan fingerprint density at radius 1 is 0.290 bits per heavy atom. The summed E-state index contributed by atoms with van der Waals surface area (Å²) in [4.78, 5) is 38.2. The zero-order chi connectivity index (χ0) is 50.0. The predicted octanol–water partition coefficient (Wildman–Crippen LogP) is 20.0. The molecule has 0 N–H and O–H groups in total. The second kappa shape index (κ2) is 57.7. The van der Waals surface area contributed by atoms with Gasteiger partial charge in [0.15, 0.2) is 6.10 Å². The van der Waals surface area contributed by atoms with Crippen LogP contribution in [0, 0.1) is 0 Å². The van der Waals surface area contributed by atoms with Gasteiger partial charge in [0.05, 0.1) is 0 Å². The Labute approximate surface area is 428 Å². The summed E-state index contributed by atoms with van der Waals surface area (Å²) in [6, 6.07) is 0. The van der Waals surface area contributed by atoms with Crippen LogP contribution in [0.25, 0.3) is 0 Å². The molecule has 0 fully saturated rings. The first kappa shape index (κ1) is 66.1. The highest BCUT2D eigenvalue weighted by atomic mass is 16.6. The standard InChI is InChI=1S/C63H112O6/c1-4-7-10-13-16-19-22-25-28-30-31-33-36-39-42-45-48-51-54-57-63(66)69-60(58-67-61(64)55-52-49-46-43-40-37-34-27-24-21-18-15-12-9-6-3)59-68-62(65)56-53-50-47-44-41-38-35-32-29-26-23-20-17-14-11-8-5-2/h17,20,25-29,34-35,38,60H,4-16,18-19,21-24,30-33,36-37,39-59H2,1-3H3/b20-17-,28-25-,29-26-,34-27-,38-35-/t60-/m0/s1. The summed E-state index contributed by atoms with van der Waals surface area (Å²) in [7, 11) is 0. The van der Waals surface area contributed by atoms with E-state index < -0.39 is 6.10 Å². The van der Waals surface area contributed by atoms with Crippen LogP contribution in [-0.2, 0) is 28.6 Å². The molecule has 0 aliphatic carbocycles. The molecule has 0 aliphatic heterocycles. The van der Waals surface area contributed by atoms with E-state index in [1.54, 1.807) is 0 Å². The molecule has 0 aromatic rings. The highest BCUT2D eigenvalue weighted by molar-refractivity contribution is 5.71. The lowest BCUT2D eigenvalue weighted by Gasteiger charge is -2.18. The molecular weight excluding hydrogens is 853 g/mol. The number of hydrogen-bond acceptors (Lipinski definition) is 6. The number of hydrogen-bond donors (Lipinski definition) is 0. The molecule has 0 radical (unpaired) electrons. The van der Waals surface area contributed by atoms with Gasteiger partial charge in [-0.1, -0.05) is 236 Å². The van der Waals surface area contributed by atoms with Crippen molar-refractivity contribution in [3.8, 4) is 0 Å². The van der Waals surface area contributed by atoms with Crippen LogP contribution in [0.2, 0.25) is 0 Å². The Kier molecular flexibility index (Phi) is 55.3. The molecule has 0 saturated carbocycles. The first-order valence-electron chi connectivity index (χ1n) is 29.8. The molecule has 0 unspecified atom stereocenters. The maximum Gasteiger partial charge on any atom is 0.306 e. The fourth-order valence-corrected chi connectivity index (χ4v) is 8.44. The number of allylic oxidation sites excluding steroid dienone is 10. The van der Waals surface area contributed by atoms with E-state index in [9.17, 15) is 14.4 Å². The van der Waals surface area contributed by atoms with Gasteiger partial charge in [0.2, 0.25) is 0 Å². The summed E-state index contributed by atoms with van der Waals surface area (Å²) in [6.45, 7) is 6.60. The summed E-state index contributed by atoms with van der Waals surface area (Å²) in [6.07, 6.45) is 72.1. The molecule has 0 bridgehead atoms. The van der Waals surface area contributed by atoms with E-state index in [2.05, 4.69) is 81.5 Å². The normalized spacial score (nSPS) is 12.4. The third-order valence-electron chi connectivity index (χ3n) is 13.0. The molecule has 0 aliphatic rings. The fraction of sp³-hybridized carbons (Fsp3) is 0.794. The SMILES string of the molecule is CCCCC/C=C\C/C=C\C/C=C\CCCCCCC(=O)OC[C@H](COC(=O)CCCCCCC/C=C\CCCCCCCC)OC(=O)CCCCCCCCCCC/C=C\CCCCCCCC. The zero-order valence-electron chi connectivity index (χ0n) is 45.8. The summed E-state index contributed by atoms with van der Waals surface area (Å²) in [5, 5.41) is 0. The second-order valence-electron chi connectivity index (χ2n) is 19.9. The van der Waals surface area contributed by atoms with Crippen LogP contribution in [0.15, 0.2) is 60.8 Å². The smallest absolute Gasteiger partial charge is 0.306 e. The average Bonchev–Trinajstić information content (AvgIpc) is 3.35. The molecule has 1 atom stereocenters. The molecule has 0 rings (SSSR count). The minimum Gasteiger partial charge on any atom is -0.462 e. The number of esters is 3. The second-order valence-corrected chi connectivity index (χ2v) is 19.9. The number of unbranched alkanes of at least 4 members (excludes halogenated alkanes) is 33. The van der Waals surface area contributed by atoms with E-state index in [-0.39, 0.29) is 31.1 Å². The van der Waals surface area contributed by atoms with Gasteiger partial charge < -0.3 is 14.2 Å². The van der Waals surface area contributed by atoms with Crippen molar-refractivity contribution in [2.24, 2.45) is 0 Å². The molecule has 0 amide bonds. The van der Waals surface area contributed by atoms with Gasteiger partial charge in [0.25, 0.3) is 0 Å². The van der Waals surface area contributed by atoms with E-state index in [0.717, 1.165) is 89.9 Å². The minimum absolute atomic E-state index is 0.0854. The lowest BCUT2D eigenvalue weighted by atomic mass is 10.1. The quantitative estimate of drug-likeness (QED) is 0.0262. The Morgan fingerprint density at radius 2 is 0.522 bits per heavy atom. The van der Waals surface area contributed by atoms with Crippen LogP contribution in [0.5, 0.6) is 0 Å². The van der Waals surface area contributed by atoms with E-state index in [1.807, 2.05) is 0 Å². The van der Waals surface area contributed by atoms with E-state index >= 15 is 0 Å². The zero-order valence-corrected chi connectivity index (χ0v) is 45.8. The lowest BCUT2D eigenvalue weighted by molar-refractivity contribution is -0.167. The molecule has 0 saturated heterocycles. The van der Waals surface area contributed by atoms with Gasteiger partial charge in [-0.3, -0.25) is 14.4 Å². The van der Waals surface area contributed by atoms with Crippen LogP contribution in [0.3, 0.4) is 0 Å². The molecule has 69 heavy (non-hydrogen) atoms. The third kappa shape index (κ3) is 55.9. The first-order valence-corrected chi connectivity index (χ1v) is 29.8. The molecule has 0 aromatic carbocycles. The molecule has 0 heterocycles. The van der Waals surface area contributed by atoms with Gasteiger partial charge in [-0.15, -0.1) is 0 Å². The van der Waals surface area contributed by atoms with Crippen molar-refractivity contribution in [1.82, 2.24) is 0 Å². The van der Waals surface area contributed by atoms with Crippen molar-refractivity contribution >= 4 is 17.9 Å². The van der Waals surface area contributed by atoms with Crippen molar-refractivity contribution in [2.45, 2.75) is 309 Å². The Hall–Kier alpha value is -2.89. The van der Waals surface area contributed by atoms with Crippen LogP contribution in [0.1, 0.15) is 303 Å². The topological polar surface area (TPSA) is 78.9 Å². The fourth-order valence-electron chi connectivity index (χ4n) is 8.44. The number of rotatable bonds is 54. The monoisotopic (exact) mass is 965 g/mol. The van der Waals surface area contributed by atoms with Crippen LogP contribution in [-0.4, -0.2) is 37.2 Å². The van der Waals surface area contributed by atoms with Gasteiger partial charge in [0, 0.05) is 19.3 Å². The minimum atomic E-state index is -0.788. The molecule has 0 aromatic heterocycles. The summed E-state index contributed by atoms with van der Waals surface area (Å²) >= 11 is 0. The largest absolute Gasteiger partial charge is 0.462 e. The van der Waals surface area contributed by atoms with Gasteiger partial charge in [0.1, 0.15) is 13.2 Å². The van der Waals surface area contributed by atoms with Crippen LogP contribution >= 0.6 is 0 Å². The molecule has 0 spiro atoms. The van der Waals surface area contributed by atoms with Crippen molar-refractivity contribution in [2.75, 3.05) is 13.2 Å². The summed E-state index contributed by atoms with van der Waals surface area (Å²) in [5.74, 6) is -0.905. The number of carbonyl (C=O) groups is 3. The van der Waals surface area contributed by atoms with Crippen LogP contribution in [0.4, 0.5) is 0 Å². The maximum absolute atomic E-state index is 12.9. The Balaban J connectivity index is 4.41. The molecule has 6 heteroatoms. The van der Waals surface area contributed by atoms with E-state index in [1.165, 1.54) is 173 Å². The highest BCUT2D eigenvalue weighted by Crippen LogP contribution is 2.15. The molecular formula is C63H112O6. The third-order valence-corrected chi connectivity index (χ3v) is 13.0. The van der Waals surface area contributed by atoms with Crippen molar-refractivity contribution in [1.29, 1.82) is 0 Å². The maximum atomic E-state index is 12.9.